The lowest BCUT2D eigenvalue weighted by atomic mass is 10.3. The van der Waals surface area contributed by atoms with Crippen molar-refractivity contribution in [1.82, 2.24) is 20.0 Å². The van der Waals surface area contributed by atoms with Gasteiger partial charge in [-0.15, -0.1) is 0 Å². The van der Waals surface area contributed by atoms with E-state index in [1.807, 2.05) is 0 Å². The van der Waals surface area contributed by atoms with E-state index < -0.39 is 0 Å². The second kappa shape index (κ2) is 8.86. The molecule has 0 spiro atoms. The number of piperazine rings is 1. The van der Waals surface area contributed by atoms with Gasteiger partial charge in [0.1, 0.15) is 0 Å². The van der Waals surface area contributed by atoms with Crippen molar-refractivity contribution in [2.24, 2.45) is 0 Å². The summed E-state index contributed by atoms with van der Waals surface area (Å²) in [7, 11) is 4.30. The predicted molar refractivity (Wildman–Crippen MR) is 74.6 cm³/mol. The molecule has 0 unspecified atom stereocenters. The molecule has 0 radical (unpaired) electrons. The van der Waals surface area contributed by atoms with E-state index in [1.165, 1.54) is 52.2 Å². The third kappa shape index (κ3) is 6.99. The van der Waals surface area contributed by atoms with Gasteiger partial charge in [-0.2, -0.15) is 0 Å². The Hall–Kier alpha value is -0.160. The van der Waals surface area contributed by atoms with E-state index in [0.717, 1.165) is 13.1 Å². The van der Waals surface area contributed by atoms with Crippen LogP contribution in [0.5, 0.6) is 0 Å². The molecule has 1 aliphatic rings. The van der Waals surface area contributed by atoms with E-state index in [4.69, 9.17) is 0 Å². The van der Waals surface area contributed by atoms with Gasteiger partial charge in [0.15, 0.2) is 0 Å². The third-order valence-electron chi connectivity index (χ3n) is 3.41. The first-order chi connectivity index (χ1) is 8.22. The van der Waals surface area contributed by atoms with Crippen molar-refractivity contribution in [3.05, 3.63) is 0 Å². The maximum atomic E-state index is 3.39. The van der Waals surface area contributed by atoms with Gasteiger partial charge in [-0.3, -0.25) is 4.90 Å². The number of hydrogen-bond acceptors (Lipinski definition) is 4. The molecule has 4 heteroatoms. The summed E-state index contributed by atoms with van der Waals surface area (Å²) in [5, 5.41) is 3.39. The van der Waals surface area contributed by atoms with Gasteiger partial charge < -0.3 is 15.1 Å². The number of hydrogen-bond donors (Lipinski definition) is 1. The zero-order valence-electron chi connectivity index (χ0n) is 11.9. The molecule has 1 N–H and O–H groups in total. The maximum Gasteiger partial charge on any atom is 0.0110 e. The molecule has 0 aromatic heterocycles. The van der Waals surface area contributed by atoms with Crippen molar-refractivity contribution < 1.29 is 0 Å². The molecule has 17 heavy (non-hydrogen) atoms. The third-order valence-corrected chi connectivity index (χ3v) is 3.41. The summed E-state index contributed by atoms with van der Waals surface area (Å²) in [6, 6.07) is 0. The molecule has 1 aliphatic heterocycles. The van der Waals surface area contributed by atoms with Crippen molar-refractivity contribution in [2.45, 2.75) is 13.3 Å². The average molecular weight is 242 g/mol. The van der Waals surface area contributed by atoms with Gasteiger partial charge in [-0.05, 0) is 40.2 Å². The lowest BCUT2D eigenvalue weighted by molar-refractivity contribution is 0.124. The van der Waals surface area contributed by atoms with Crippen LogP contribution in [0.4, 0.5) is 0 Å². The van der Waals surface area contributed by atoms with Gasteiger partial charge in [0.25, 0.3) is 0 Å². The number of nitrogens with zero attached hydrogens (tertiary/aromatic N) is 3. The fraction of sp³-hybridized carbons (Fsp3) is 1.00. The molecular weight excluding hydrogens is 212 g/mol. The summed E-state index contributed by atoms with van der Waals surface area (Å²) < 4.78 is 0. The monoisotopic (exact) mass is 242 g/mol. The smallest absolute Gasteiger partial charge is 0.0110 e. The highest BCUT2D eigenvalue weighted by molar-refractivity contribution is 4.72. The molecule has 1 fully saturated rings. The van der Waals surface area contributed by atoms with Gasteiger partial charge in [0.2, 0.25) is 0 Å². The van der Waals surface area contributed by atoms with Crippen LogP contribution in [0, 0.1) is 0 Å². The highest BCUT2D eigenvalue weighted by Crippen LogP contribution is 2.02. The topological polar surface area (TPSA) is 21.8 Å². The summed E-state index contributed by atoms with van der Waals surface area (Å²) in [6.07, 6.45) is 1.28. The maximum absolute atomic E-state index is 3.39. The first-order valence-electron chi connectivity index (χ1n) is 7.02. The van der Waals surface area contributed by atoms with E-state index in [9.17, 15) is 0 Å². The van der Waals surface area contributed by atoms with Crippen molar-refractivity contribution in [2.75, 3.05) is 73.0 Å². The minimum Gasteiger partial charge on any atom is -0.317 e. The van der Waals surface area contributed by atoms with E-state index >= 15 is 0 Å². The Balaban J connectivity index is 2.01. The zero-order chi connectivity index (χ0) is 12.5. The van der Waals surface area contributed by atoms with E-state index in [1.54, 1.807) is 0 Å². The Morgan fingerprint density at radius 1 is 1.00 bits per heavy atom. The van der Waals surface area contributed by atoms with Crippen molar-refractivity contribution in [1.29, 1.82) is 0 Å². The summed E-state index contributed by atoms with van der Waals surface area (Å²) >= 11 is 0. The van der Waals surface area contributed by atoms with E-state index in [-0.39, 0.29) is 0 Å². The number of rotatable bonds is 8. The van der Waals surface area contributed by atoms with Crippen LogP contribution in [0.2, 0.25) is 0 Å². The lowest BCUT2D eigenvalue weighted by Crippen LogP contribution is -2.48. The highest BCUT2D eigenvalue weighted by Gasteiger charge is 2.15. The molecule has 4 nitrogen and oxygen atoms in total. The Morgan fingerprint density at radius 2 is 1.59 bits per heavy atom. The van der Waals surface area contributed by atoms with Crippen LogP contribution < -0.4 is 5.32 Å². The first kappa shape index (κ1) is 14.9. The molecule has 0 bridgehead atoms. The number of likely N-dealkylation sites (N-methyl/N-ethyl adjacent to an activating group) is 1. The van der Waals surface area contributed by atoms with Gasteiger partial charge in [0.05, 0.1) is 0 Å². The largest absolute Gasteiger partial charge is 0.317 e. The van der Waals surface area contributed by atoms with Crippen LogP contribution in [0.25, 0.3) is 0 Å². The molecule has 0 aromatic carbocycles. The lowest BCUT2D eigenvalue weighted by Gasteiger charge is -2.35. The summed E-state index contributed by atoms with van der Waals surface area (Å²) in [5.74, 6) is 0. The molecule has 0 atom stereocenters. The highest BCUT2D eigenvalue weighted by atomic mass is 15.3. The molecular formula is C13H30N4. The average Bonchev–Trinajstić information content (AvgIpc) is 2.33. The summed E-state index contributed by atoms with van der Waals surface area (Å²) in [5.41, 5.74) is 0. The van der Waals surface area contributed by atoms with Crippen LogP contribution in [0.1, 0.15) is 13.3 Å². The molecule has 1 saturated heterocycles. The molecule has 0 amide bonds. The summed E-state index contributed by atoms with van der Waals surface area (Å²) in [4.78, 5) is 7.45. The van der Waals surface area contributed by atoms with Crippen LogP contribution in [-0.4, -0.2) is 87.7 Å². The second-order valence-corrected chi connectivity index (χ2v) is 5.19. The van der Waals surface area contributed by atoms with E-state index in [2.05, 4.69) is 41.0 Å². The van der Waals surface area contributed by atoms with Gasteiger partial charge >= 0.3 is 0 Å². The Bertz CT molecular complexity index is 176. The number of nitrogens with one attached hydrogen (secondary N) is 1. The van der Waals surface area contributed by atoms with Crippen LogP contribution in [0.15, 0.2) is 0 Å². The minimum atomic E-state index is 1.10. The van der Waals surface area contributed by atoms with Crippen molar-refractivity contribution >= 4 is 0 Å². The quantitative estimate of drug-likeness (QED) is 0.612. The fourth-order valence-electron chi connectivity index (χ4n) is 2.18. The minimum absolute atomic E-state index is 1.10. The molecule has 1 rings (SSSR count). The second-order valence-electron chi connectivity index (χ2n) is 5.19. The van der Waals surface area contributed by atoms with Crippen LogP contribution in [-0.2, 0) is 0 Å². The normalized spacial score (nSPS) is 19.1. The van der Waals surface area contributed by atoms with Crippen molar-refractivity contribution in [3.8, 4) is 0 Å². The van der Waals surface area contributed by atoms with Crippen LogP contribution >= 0.6 is 0 Å². The standard InChI is InChI=1S/C13H30N4/c1-4-14-6-5-7-16-10-12-17(13-11-16)9-8-15(2)3/h14H,4-13H2,1-3H3. The summed E-state index contributed by atoms with van der Waals surface area (Å²) in [6.45, 7) is 13.1. The predicted octanol–water partition coefficient (Wildman–Crippen LogP) is 0.165. The Morgan fingerprint density at radius 3 is 2.12 bits per heavy atom. The SMILES string of the molecule is CCNCCCN1CCN(CCN(C)C)CC1. The van der Waals surface area contributed by atoms with Crippen LogP contribution in [0.3, 0.4) is 0 Å². The Kier molecular flexibility index (Phi) is 7.77. The molecule has 102 valence electrons. The van der Waals surface area contributed by atoms with Gasteiger partial charge in [0, 0.05) is 39.3 Å². The first-order valence-corrected chi connectivity index (χ1v) is 7.02. The molecule has 0 aliphatic carbocycles. The fourth-order valence-corrected chi connectivity index (χ4v) is 2.18. The zero-order valence-corrected chi connectivity index (χ0v) is 11.9. The van der Waals surface area contributed by atoms with Crippen molar-refractivity contribution in [3.63, 3.8) is 0 Å². The van der Waals surface area contributed by atoms with Gasteiger partial charge in [-0.25, -0.2) is 0 Å². The Labute approximate surface area is 107 Å². The molecule has 1 heterocycles. The molecule has 0 aromatic rings. The van der Waals surface area contributed by atoms with E-state index in [0.29, 0.717) is 0 Å². The molecule has 0 saturated carbocycles. The van der Waals surface area contributed by atoms with Gasteiger partial charge in [-0.1, -0.05) is 6.92 Å².